The predicted octanol–water partition coefficient (Wildman–Crippen LogP) is 2.93. The third-order valence-electron chi connectivity index (χ3n) is 3.72. The minimum absolute atomic E-state index is 0.000342. The van der Waals surface area contributed by atoms with E-state index in [-0.39, 0.29) is 6.61 Å². The average molecular weight is 394 g/mol. The zero-order chi connectivity index (χ0) is 19.8. The van der Waals surface area contributed by atoms with Crippen molar-refractivity contribution in [3.05, 3.63) is 59.7 Å². The highest BCUT2D eigenvalue weighted by Crippen LogP contribution is 2.19. The van der Waals surface area contributed by atoms with Crippen molar-refractivity contribution >= 4 is 17.7 Å². The minimum atomic E-state index is -0.470. The molecule has 3 aromatic rings. The number of benzene rings is 2. The fourth-order valence-corrected chi connectivity index (χ4v) is 2.97. The van der Waals surface area contributed by atoms with E-state index in [9.17, 15) is 4.79 Å². The monoisotopic (exact) mass is 394 g/mol. The molecule has 0 radical (unpaired) electrons. The van der Waals surface area contributed by atoms with Crippen molar-refractivity contribution in [2.45, 2.75) is 12.1 Å². The van der Waals surface area contributed by atoms with E-state index >= 15 is 0 Å². The van der Waals surface area contributed by atoms with Gasteiger partial charge in [0.05, 0.1) is 18.6 Å². The number of carbonyl (C=O) groups excluding carboxylic acids is 1. The molecule has 0 aliphatic heterocycles. The second-order valence-corrected chi connectivity index (χ2v) is 6.57. The van der Waals surface area contributed by atoms with E-state index in [0.29, 0.717) is 22.2 Å². The van der Waals surface area contributed by atoms with Crippen molar-refractivity contribution in [2.75, 3.05) is 19.5 Å². The van der Waals surface area contributed by atoms with Crippen LogP contribution in [0.1, 0.15) is 15.9 Å². The highest BCUT2D eigenvalue weighted by atomic mass is 32.2. The van der Waals surface area contributed by atoms with Crippen molar-refractivity contribution in [1.82, 2.24) is 20.2 Å². The van der Waals surface area contributed by atoms with Crippen LogP contribution < -0.4 is 4.74 Å². The molecule has 28 heavy (non-hydrogen) atoms. The third kappa shape index (κ3) is 4.90. The lowest BCUT2D eigenvalue weighted by molar-refractivity contribution is 0.0553. The standard InChI is InChI=1S/C20H18N4O3S/c1-15-9-11-16(12-10-15)24-20(21-22-23-24)28-14-6-5-13-27-19(25)17-7-3-4-8-18(17)26-2/h3-4,7-12H,13-14H2,1-2H3. The quantitative estimate of drug-likeness (QED) is 0.361. The van der Waals surface area contributed by atoms with Gasteiger partial charge in [-0.25, -0.2) is 4.79 Å². The van der Waals surface area contributed by atoms with Gasteiger partial charge in [-0.15, -0.1) is 5.10 Å². The second-order valence-electron chi connectivity index (χ2n) is 5.63. The van der Waals surface area contributed by atoms with Gasteiger partial charge in [0.1, 0.15) is 11.3 Å². The largest absolute Gasteiger partial charge is 0.496 e. The molecule has 0 atom stereocenters. The summed E-state index contributed by atoms with van der Waals surface area (Å²) < 4.78 is 12.0. The van der Waals surface area contributed by atoms with Gasteiger partial charge >= 0.3 is 5.97 Å². The molecule has 142 valence electrons. The number of aromatic nitrogens is 4. The van der Waals surface area contributed by atoms with Crippen LogP contribution in [0.15, 0.2) is 53.7 Å². The van der Waals surface area contributed by atoms with Gasteiger partial charge in [-0.1, -0.05) is 53.4 Å². The van der Waals surface area contributed by atoms with Crippen LogP contribution in [0.4, 0.5) is 0 Å². The molecule has 0 fully saturated rings. The van der Waals surface area contributed by atoms with Gasteiger partial charge < -0.3 is 9.47 Å². The Bertz CT molecular complexity index is 1010. The van der Waals surface area contributed by atoms with E-state index in [1.807, 2.05) is 31.2 Å². The molecule has 1 aromatic heterocycles. The molecule has 0 aliphatic carbocycles. The van der Waals surface area contributed by atoms with E-state index in [1.165, 1.54) is 24.4 Å². The summed E-state index contributed by atoms with van der Waals surface area (Å²) in [6.07, 6.45) is 0. The van der Waals surface area contributed by atoms with Crippen molar-refractivity contribution < 1.29 is 14.3 Å². The Morgan fingerprint density at radius 3 is 2.71 bits per heavy atom. The summed E-state index contributed by atoms with van der Waals surface area (Å²) in [5.41, 5.74) is 2.43. The molecule has 0 bridgehead atoms. The van der Waals surface area contributed by atoms with Gasteiger partial charge in [0.25, 0.3) is 0 Å². The van der Waals surface area contributed by atoms with Crippen LogP contribution in [0, 0.1) is 18.8 Å². The molecular weight excluding hydrogens is 376 g/mol. The number of methoxy groups -OCH3 is 1. The number of aryl methyl sites for hydroxylation is 1. The maximum absolute atomic E-state index is 12.1. The van der Waals surface area contributed by atoms with Crippen molar-refractivity contribution in [2.24, 2.45) is 0 Å². The number of carbonyl (C=O) groups is 1. The van der Waals surface area contributed by atoms with Crippen LogP contribution in [-0.2, 0) is 4.74 Å². The maximum atomic E-state index is 12.1. The highest BCUT2D eigenvalue weighted by Gasteiger charge is 2.12. The van der Waals surface area contributed by atoms with E-state index in [4.69, 9.17) is 9.47 Å². The smallest absolute Gasteiger partial charge is 0.342 e. The average Bonchev–Trinajstić information content (AvgIpc) is 3.19. The van der Waals surface area contributed by atoms with Crippen LogP contribution in [-0.4, -0.2) is 45.6 Å². The zero-order valence-corrected chi connectivity index (χ0v) is 16.3. The SMILES string of the molecule is COc1ccccc1C(=O)OCC#CCSc1nnnn1-c1ccc(C)cc1. The summed E-state index contributed by atoms with van der Waals surface area (Å²) in [5, 5.41) is 12.4. The summed E-state index contributed by atoms with van der Waals surface area (Å²) in [4.78, 5) is 12.1. The number of rotatable bonds is 6. The molecule has 2 aromatic carbocycles. The van der Waals surface area contributed by atoms with E-state index in [2.05, 4.69) is 27.4 Å². The van der Waals surface area contributed by atoms with Crippen molar-refractivity contribution in [1.29, 1.82) is 0 Å². The summed E-state index contributed by atoms with van der Waals surface area (Å²) in [6.45, 7) is 2.02. The number of hydrogen-bond acceptors (Lipinski definition) is 7. The number of hydrogen-bond donors (Lipinski definition) is 0. The van der Waals surface area contributed by atoms with E-state index in [0.717, 1.165) is 5.69 Å². The van der Waals surface area contributed by atoms with Gasteiger partial charge in [0, 0.05) is 0 Å². The number of thioether (sulfide) groups is 1. The van der Waals surface area contributed by atoms with Crippen molar-refractivity contribution in [3.63, 3.8) is 0 Å². The fraction of sp³-hybridized carbons (Fsp3) is 0.200. The van der Waals surface area contributed by atoms with Crippen LogP contribution in [0.3, 0.4) is 0 Å². The summed E-state index contributed by atoms with van der Waals surface area (Å²) >= 11 is 1.41. The molecule has 0 amide bonds. The fourth-order valence-electron chi connectivity index (χ4n) is 2.31. The van der Waals surface area contributed by atoms with Crippen LogP contribution in [0.5, 0.6) is 5.75 Å². The molecule has 3 rings (SSSR count). The lowest BCUT2D eigenvalue weighted by Gasteiger charge is -2.06. The van der Waals surface area contributed by atoms with Gasteiger partial charge in [0.15, 0.2) is 6.61 Å². The highest BCUT2D eigenvalue weighted by molar-refractivity contribution is 7.99. The Labute approximate surface area is 167 Å². The Morgan fingerprint density at radius 1 is 1.14 bits per heavy atom. The lowest BCUT2D eigenvalue weighted by Crippen LogP contribution is -2.07. The number of esters is 1. The van der Waals surface area contributed by atoms with Gasteiger partial charge in [-0.05, 0) is 41.6 Å². The van der Waals surface area contributed by atoms with E-state index < -0.39 is 5.97 Å². The molecule has 8 heteroatoms. The Hall–Kier alpha value is -3.31. The third-order valence-corrected chi connectivity index (χ3v) is 4.52. The second kappa shape index (κ2) is 9.58. The summed E-state index contributed by atoms with van der Waals surface area (Å²) in [7, 11) is 1.51. The first kappa shape index (κ1) is 19.5. The van der Waals surface area contributed by atoms with Crippen LogP contribution >= 0.6 is 11.8 Å². The minimum Gasteiger partial charge on any atom is -0.496 e. The molecule has 0 saturated carbocycles. The zero-order valence-electron chi connectivity index (χ0n) is 15.5. The van der Waals surface area contributed by atoms with Crippen LogP contribution in [0.2, 0.25) is 0 Å². The summed E-state index contributed by atoms with van der Waals surface area (Å²) in [6, 6.07) is 14.8. The van der Waals surface area contributed by atoms with E-state index in [1.54, 1.807) is 28.9 Å². The number of ether oxygens (including phenoxy) is 2. The first-order chi connectivity index (χ1) is 13.7. The molecule has 0 N–H and O–H groups in total. The summed E-state index contributed by atoms with van der Waals surface area (Å²) in [5.74, 6) is 6.23. The van der Waals surface area contributed by atoms with Crippen LogP contribution in [0.25, 0.3) is 5.69 Å². The number of para-hydroxylation sites is 1. The van der Waals surface area contributed by atoms with Crippen molar-refractivity contribution in [3.8, 4) is 23.3 Å². The lowest BCUT2D eigenvalue weighted by atomic mass is 10.2. The Morgan fingerprint density at radius 2 is 1.93 bits per heavy atom. The van der Waals surface area contributed by atoms with Gasteiger partial charge in [0.2, 0.25) is 5.16 Å². The predicted molar refractivity (Wildman–Crippen MR) is 106 cm³/mol. The molecule has 7 nitrogen and oxygen atoms in total. The first-order valence-corrected chi connectivity index (χ1v) is 9.41. The Kier molecular flexibility index (Phi) is 6.65. The molecule has 0 saturated heterocycles. The maximum Gasteiger partial charge on any atom is 0.342 e. The normalized spacial score (nSPS) is 10.1. The molecule has 0 spiro atoms. The number of nitrogens with zero attached hydrogens (tertiary/aromatic N) is 4. The first-order valence-electron chi connectivity index (χ1n) is 8.43. The molecule has 1 heterocycles. The molecule has 0 unspecified atom stereocenters. The Balaban J connectivity index is 1.51. The van der Waals surface area contributed by atoms with Gasteiger partial charge in [-0.2, -0.15) is 4.68 Å². The number of tetrazole rings is 1. The topological polar surface area (TPSA) is 79.1 Å². The van der Waals surface area contributed by atoms with Gasteiger partial charge in [-0.3, -0.25) is 0 Å². The molecular formula is C20H18N4O3S. The molecule has 0 aliphatic rings.